The molecule has 0 aliphatic heterocycles. The van der Waals surface area contributed by atoms with E-state index in [9.17, 15) is 0 Å². The fourth-order valence-electron chi connectivity index (χ4n) is 3.37. The van der Waals surface area contributed by atoms with E-state index in [-0.39, 0.29) is 0 Å². The molecule has 1 unspecified atom stereocenters. The van der Waals surface area contributed by atoms with E-state index in [1.807, 2.05) is 24.5 Å². The Morgan fingerprint density at radius 3 is 2.54 bits per heavy atom. The topological polar surface area (TPSA) is 26.3 Å². The normalized spacial score (nSPS) is 13.2. The Morgan fingerprint density at radius 2 is 1.75 bits per heavy atom. The molecule has 0 N–H and O–H groups in total. The monoisotopic (exact) mass is 318 g/mol. The van der Waals surface area contributed by atoms with Gasteiger partial charge in [-0.25, -0.2) is 0 Å². The van der Waals surface area contributed by atoms with Gasteiger partial charge in [0.1, 0.15) is 16.9 Å². The number of rotatable bonds is 4. The van der Waals surface area contributed by atoms with Gasteiger partial charge in [0.05, 0.1) is 6.26 Å². The SMILES string of the molecule is CC(C)c1coc2ccc(CC(C)c3cc4ccccc4o3)cc12. The summed E-state index contributed by atoms with van der Waals surface area (Å²) < 4.78 is 11.7. The second kappa shape index (κ2) is 5.86. The van der Waals surface area contributed by atoms with E-state index in [1.165, 1.54) is 21.9 Å². The number of benzene rings is 2. The summed E-state index contributed by atoms with van der Waals surface area (Å²) in [5, 5.41) is 2.41. The van der Waals surface area contributed by atoms with Crippen molar-refractivity contribution in [3.8, 4) is 0 Å². The molecule has 24 heavy (non-hydrogen) atoms. The van der Waals surface area contributed by atoms with E-state index in [1.54, 1.807) is 0 Å². The Kier molecular flexibility index (Phi) is 3.68. The molecule has 0 saturated carbocycles. The van der Waals surface area contributed by atoms with Crippen molar-refractivity contribution in [2.75, 3.05) is 0 Å². The smallest absolute Gasteiger partial charge is 0.134 e. The molecule has 0 fully saturated rings. The van der Waals surface area contributed by atoms with Crippen LogP contribution in [-0.2, 0) is 6.42 Å². The van der Waals surface area contributed by atoms with Gasteiger partial charge in [0.25, 0.3) is 0 Å². The van der Waals surface area contributed by atoms with Crippen molar-refractivity contribution in [2.24, 2.45) is 0 Å². The van der Waals surface area contributed by atoms with E-state index in [0.717, 1.165) is 23.3 Å². The third-order valence-electron chi connectivity index (χ3n) is 4.76. The molecule has 122 valence electrons. The zero-order valence-electron chi connectivity index (χ0n) is 14.4. The third-order valence-corrected chi connectivity index (χ3v) is 4.76. The fraction of sp³-hybridized carbons (Fsp3) is 0.273. The molecule has 0 saturated heterocycles. The number of fused-ring (bicyclic) bond motifs is 2. The molecule has 2 heterocycles. The van der Waals surface area contributed by atoms with Crippen LogP contribution in [0.2, 0.25) is 0 Å². The molecule has 2 aromatic carbocycles. The van der Waals surface area contributed by atoms with Crippen molar-refractivity contribution in [1.29, 1.82) is 0 Å². The summed E-state index contributed by atoms with van der Waals surface area (Å²) in [7, 11) is 0. The highest BCUT2D eigenvalue weighted by atomic mass is 16.3. The first-order valence-electron chi connectivity index (χ1n) is 8.60. The lowest BCUT2D eigenvalue weighted by Gasteiger charge is -2.09. The minimum absolute atomic E-state index is 0.337. The molecule has 2 nitrogen and oxygen atoms in total. The van der Waals surface area contributed by atoms with Gasteiger partial charge in [-0.05, 0) is 42.2 Å². The fourth-order valence-corrected chi connectivity index (χ4v) is 3.37. The lowest BCUT2D eigenvalue weighted by molar-refractivity contribution is 0.504. The second-order valence-electron chi connectivity index (χ2n) is 6.97. The Labute approximate surface area is 142 Å². The number of para-hydroxylation sites is 1. The maximum atomic E-state index is 6.02. The molecule has 2 aromatic heterocycles. The van der Waals surface area contributed by atoms with E-state index in [4.69, 9.17) is 8.83 Å². The number of hydrogen-bond donors (Lipinski definition) is 0. The summed E-state index contributed by atoms with van der Waals surface area (Å²) in [4.78, 5) is 0. The van der Waals surface area contributed by atoms with Gasteiger partial charge in [0.15, 0.2) is 0 Å². The zero-order valence-corrected chi connectivity index (χ0v) is 14.4. The first kappa shape index (κ1) is 15.1. The third kappa shape index (κ3) is 2.62. The molecular formula is C22H22O2. The summed E-state index contributed by atoms with van der Waals surface area (Å²) in [5.41, 5.74) is 4.53. The van der Waals surface area contributed by atoms with Crippen molar-refractivity contribution < 1.29 is 8.83 Å². The number of hydrogen-bond acceptors (Lipinski definition) is 2. The largest absolute Gasteiger partial charge is 0.464 e. The maximum Gasteiger partial charge on any atom is 0.134 e. The van der Waals surface area contributed by atoms with Crippen LogP contribution in [0.5, 0.6) is 0 Å². The van der Waals surface area contributed by atoms with Crippen LogP contribution >= 0.6 is 0 Å². The molecule has 0 amide bonds. The minimum Gasteiger partial charge on any atom is -0.464 e. The van der Waals surface area contributed by atoms with Gasteiger partial charge in [0, 0.05) is 22.3 Å². The lowest BCUT2D eigenvalue weighted by Crippen LogP contribution is -1.97. The summed E-state index contributed by atoms with van der Waals surface area (Å²) >= 11 is 0. The van der Waals surface area contributed by atoms with Crippen LogP contribution in [0.25, 0.3) is 21.9 Å². The Balaban J connectivity index is 1.64. The molecule has 1 atom stereocenters. The quantitative estimate of drug-likeness (QED) is 0.421. The molecule has 0 radical (unpaired) electrons. The van der Waals surface area contributed by atoms with Gasteiger partial charge in [-0.3, -0.25) is 0 Å². The van der Waals surface area contributed by atoms with Gasteiger partial charge >= 0.3 is 0 Å². The highest BCUT2D eigenvalue weighted by Gasteiger charge is 2.14. The average Bonchev–Trinajstić information content (AvgIpc) is 3.18. The molecule has 0 aliphatic rings. The van der Waals surface area contributed by atoms with Gasteiger partial charge in [-0.2, -0.15) is 0 Å². The molecule has 0 bridgehead atoms. The first-order chi connectivity index (χ1) is 11.6. The first-order valence-corrected chi connectivity index (χ1v) is 8.60. The summed E-state index contributed by atoms with van der Waals surface area (Å²) in [6.07, 6.45) is 2.85. The van der Waals surface area contributed by atoms with Crippen LogP contribution in [0.3, 0.4) is 0 Å². The van der Waals surface area contributed by atoms with Gasteiger partial charge in [-0.15, -0.1) is 0 Å². The zero-order chi connectivity index (χ0) is 16.7. The van der Waals surface area contributed by atoms with Crippen molar-refractivity contribution in [1.82, 2.24) is 0 Å². The molecule has 0 aliphatic carbocycles. The standard InChI is InChI=1S/C22H22O2/c1-14(2)19-13-23-21-9-8-16(11-18(19)21)10-15(3)22-12-17-6-4-5-7-20(17)24-22/h4-9,11-15H,10H2,1-3H3. The number of furan rings is 2. The minimum atomic E-state index is 0.337. The predicted octanol–water partition coefficient (Wildman–Crippen LogP) is 6.65. The lowest BCUT2D eigenvalue weighted by atomic mass is 9.95. The molecule has 2 heteroatoms. The van der Waals surface area contributed by atoms with Crippen molar-refractivity contribution in [3.63, 3.8) is 0 Å². The van der Waals surface area contributed by atoms with Crippen molar-refractivity contribution in [2.45, 2.75) is 39.0 Å². The maximum absolute atomic E-state index is 6.02. The van der Waals surface area contributed by atoms with Crippen LogP contribution in [0.1, 0.15) is 49.5 Å². The molecular weight excluding hydrogens is 296 g/mol. The Bertz CT molecular complexity index is 954. The van der Waals surface area contributed by atoms with Crippen LogP contribution in [0, 0.1) is 0 Å². The van der Waals surface area contributed by atoms with Crippen LogP contribution in [-0.4, -0.2) is 0 Å². The van der Waals surface area contributed by atoms with Crippen LogP contribution in [0.15, 0.2) is 63.6 Å². The second-order valence-corrected chi connectivity index (χ2v) is 6.97. The highest BCUT2D eigenvalue weighted by Crippen LogP contribution is 2.31. The summed E-state index contributed by atoms with van der Waals surface area (Å²) in [6.45, 7) is 6.63. The van der Waals surface area contributed by atoms with Gasteiger partial charge in [0.2, 0.25) is 0 Å². The van der Waals surface area contributed by atoms with Gasteiger partial charge in [-0.1, -0.05) is 45.0 Å². The average molecular weight is 318 g/mol. The molecule has 0 spiro atoms. The van der Waals surface area contributed by atoms with Gasteiger partial charge < -0.3 is 8.83 Å². The Morgan fingerprint density at radius 1 is 0.917 bits per heavy atom. The van der Waals surface area contributed by atoms with Crippen molar-refractivity contribution >= 4 is 21.9 Å². The van der Waals surface area contributed by atoms with Crippen LogP contribution in [0.4, 0.5) is 0 Å². The molecule has 4 aromatic rings. The van der Waals surface area contributed by atoms with E-state index >= 15 is 0 Å². The van der Waals surface area contributed by atoms with Crippen molar-refractivity contribution in [3.05, 3.63) is 71.7 Å². The predicted molar refractivity (Wildman–Crippen MR) is 98.6 cm³/mol. The van der Waals surface area contributed by atoms with E-state index in [0.29, 0.717) is 11.8 Å². The molecule has 4 rings (SSSR count). The summed E-state index contributed by atoms with van der Waals surface area (Å²) in [6, 6.07) is 16.9. The Hall–Kier alpha value is -2.48. The van der Waals surface area contributed by atoms with E-state index < -0.39 is 0 Å². The highest BCUT2D eigenvalue weighted by molar-refractivity contribution is 5.82. The summed E-state index contributed by atoms with van der Waals surface area (Å²) in [5.74, 6) is 1.85. The van der Waals surface area contributed by atoms with E-state index in [2.05, 4.69) is 51.1 Å². The van der Waals surface area contributed by atoms with Crippen LogP contribution < -0.4 is 0 Å².